The van der Waals surface area contributed by atoms with Gasteiger partial charge in [0.2, 0.25) is 0 Å². The van der Waals surface area contributed by atoms with Gasteiger partial charge >= 0.3 is 0 Å². The van der Waals surface area contributed by atoms with Crippen LogP contribution >= 0.6 is 11.6 Å². The quantitative estimate of drug-likeness (QED) is 0.454. The predicted octanol–water partition coefficient (Wildman–Crippen LogP) is 2.46. The smallest absolute Gasteiger partial charge is 0.0427 e. The molecule has 0 fully saturated rings. The molecular formula is C6H7Cl. The Labute approximate surface area is 48.5 Å². The van der Waals surface area contributed by atoms with Gasteiger partial charge in [0.1, 0.15) is 0 Å². The lowest BCUT2D eigenvalue weighted by atomic mass is 9.95. The van der Waals surface area contributed by atoms with E-state index < -0.39 is 0 Å². The van der Waals surface area contributed by atoms with Crippen LogP contribution in [-0.2, 0) is 0 Å². The van der Waals surface area contributed by atoms with Crippen molar-refractivity contribution in [1.29, 1.82) is 0 Å². The second kappa shape index (κ2) is 1.38. The number of allylic oxidation sites excluding steroid dienone is 3. The Morgan fingerprint density at radius 1 is 1.71 bits per heavy atom. The maximum atomic E-state index is 5.63. The van der Waals surface area contributed by atoms with Crippen molar-refractivity contribution in [3.05, 3.63) is 22.8 Å². The molecule has 0 radical (unpaired) electrons. The molecule has 0 spiro atoms. The molecule has 0 bridgehead atoms. The van der Waals surface area contributed by atoms with Gasteiger partial charge in [0.25, 0.3) is 0 Å². The average molecular weight is 115 g/mol. The zero-order chi connectivity index (χ0) is 5.44. The highest BCUT2D eigenvalue weighted by atomic mass is 35.5. The largest absolute Gasteiger partial charge is 0.0940 e. The molecule has 1 rings (SSSR count). The molecule has 0 aliphatic heterocycles. The van der Waals surface area contributed by atoms with Crippen LogP contribution in [0, 0.1) is 0 Å². The lowest BCUT2D eigenvalue weighted by Crippen LogP contribution is -1.97. The molecule has 0 amide bonds. The first-order valence-corrected chi connectivity index (χ1v) is 2.63. The number of halogens is 1. The molecule has 0 nitrogen and oxygen atoms in total. The van der Waals surface area contributed by atoms with Crippen molar-refractivity contribution in [2.75, 3.05) is 0 Å². The molecule has 38 valence electrons. The fourth-order valence-corrected chi connectivity index (χ4v) is 0.804. The van der Waals surface area contributed by atoms with Gasteiger partial charge in [-0.15, -0.1) is 0 Å². The SMILES string of the molecule is C=C1CC(C)=C1Cl. The Morgan fingerprint density at radius 3 is 2.29 bits per heavy atom. The normalized spacial score (nSPS) is 20.0. The Balaban J connectivity index is 2.85. The van der Waals surface area contributed by atoms with Crippen LogP contribution in [0.2, 0.25) is 0 Å². The summed E-state index contributed by atoms with van der Waals surface area (Å²) in [6.07, 6.45) is 1.01. The zero-order valence-electron chi connectivity index (χ0n) is 4.29. The van der Waals surface area contributed by atoms with Gasteiger partial charge in [-0.25, -0.2) is 0 Å². The molecule has 1 heteroatoms. The maximum absolute atomic E-state index is 5.63. The standard InChI is InChI=1S/C6H7Cl/c1-4-3-5(2)6(4)7/h1,3H2,2H3. The first-order chi connectivity index (χ1) is 3.22. The lowest BCUT2D eigenvalue weighted by molar-refractivity contribution is 1.05. The molecule has 0 aromatic carbocycles. The van der Waals surface area contributed by atoms with E-state index in [2.05, 4.69) is 6.58 Å². The van der Waals surface area contributed by atoms with E-state index in [9.17, 15) is 0 Å². The summed E-state index contributed by atoms with van der Waals surface area (Å²) in [5.74, 6) is 0. The molecule has 0 saturated heterocycles. The Kier molecular flexibility index (Phi) is 0.966. The summed E-state index contributed by atoms with van der Waals surface area (Å²) in [5, 5.41) is 0.889. The Bertz CT molecular complexity index is 142. The van der Waals surface area contributed by atoms with E-state index in [0.29, 0.717) is 0 Å². The first-order valence-electron chi connectivity index (χ1n) is 2.25. The summed E-state index contributed by atoms with van der Waals surface area (Å²) in [6, 6.07) is 0. The fourth-order valence-electron chi connectivity index (χ4n) is 0.670. The second-order valence-electron chi connectivity index (χ2n) is 1.87. The van der Waals surface area contributed by atoms with E-state index in [4.69, 9.17) is 11.6 Å². The molecular weight excluding hydrogens is 108 g/mol. The van der Waals surface area contributed by atoms with Crippen LogP contribution in [0.1, 0.15) is 13.3 Å². The topological polar surface area (TPSA) is 0 Å². The third-order valence-corrected chi connectivity index (χ3v) is 1.75. The lowest BCUT2D eigenvalue weighted by Gasteiger charge is -2.16. The van der Waals surface area contributed by atoms with Crippen molar-refractivity contribution in [2.45, 2.75) is 13.3 Å². The predicted molar refractivity (Wildman–Crippen MR) is 32.3 cm³/mol. The molecule has 1 aliphatic rings. The fraction of sp³-hybridized carbons (Fsp3) is 0.333. The van der Waals surface area contributed by atoms with E-state index >= 15 is 0 Å². The van der Waals surface area contributed by atoms with E-state index in [0.717, 1.165) is 17.0 Å². The number of rotatable bonds is 0. The molecule has 0 N–H and O–H groups in total. The third kappa shape index (κ3) is 0.592. The van der Waals surface area contributed by atoms with Crippen LogP contribution < -0.4 is 0 Å². The minimum absolute atomic E-state index is 0.889. The van der Waals surface area contributed by atoms with Crippen LogP contribution in [0.5, 0.6) is 0 Å². The summed E-state index contributed by atoms with van der Waals surface area (Å²) in [5.41, 5.74) is 2.35. The van der Waals surface area contributed by atoms with Crippen LogP contribution in [0.25, 0.3) is 0 Å². The minimum atomic E-state index is 0.889. The van der Waals surface area contributed by atoms with Crippen LogP contribution in [0.15, 0.2) is 22.8 Å². The highest BCUT2D eigenvalue weighted by molar-refractivity contribution is 6.33. The van der Waals surface area contributed by atoms with E-state index in [1.54, 1.807) is 0 Å². The monoisotopic (exact) mass is 114 g/mol. The molecule has 0 unspecified atom stereocenters. The highest BCUT2D eigenvalue weighted by Crippen LogP contribution is 2.34. The van der Waals surface area contributed by atoms with Gasteiger partial charge < -0.3 is 0 Å². The Hall–Kier alpha value is -0.230. The van der Waals surface area contributed by atoms with E-state index in [1.807, 2.05) is 6.92 Å². The van der Waals surface area contributed by atoms with Crippen LogP contribution in [0.4, 0.5) is 0 Å². The summed E-state index contributed by atoms with van der Waals surface area (Å²) in [4.78, 5) is 0. The number of hydrogen-bond acceptors (Lipinski definition) is 0. The summed E-state index contributed by atoms with van der Waals surface area (Å²) < 4.78 is 0. The van der Waals surface area contributed by atoms with Crippen LogP contribution in [0.3, 0.4) is 0 Å². The van der Waals surface area contributed by atoms with E-state index in [1.165, 1.54) is 5.57 Å². The van der Waals surface area contributed by atoms with Crippen molar-refractivity contribution in [3.8, 4) is 0 Å². The zero-order valence-corrected chi connectivity index (χ0v) is 5.05. The van der Waals surface area contributed by atoms with Crippen molar-refractivity contribution in [3.63, 3.8) is 0 Å². The first kappa shape index (κ1) is 4.92. The molecule has 0 atom stereocenters. The number of hydrogen-bond donors (Lipinski definition) is 0. The van der Waals surface area contributed by atoms with Gasteiger partial charge in [-0.05, 0) is 24.5 Å². The van der Waals surface area contributed by atoms with Gasteiger partial charge in [-0.3, -0.25) is 0 Å². The van der Waals surface area contributed by atoms with Crippen LogP contribution in [-0.4, -0.2) is 0 Å². The van der Waals surface area contributed by atoms with E-state index in [-0.39, 0.29) is 0 Å². The van der Waals surface area contributed by atoms with Gasteiger partial charge in [-0.1, -0.05) is 18.2 Å². The highest BCUT2D eigenvalue weighted by Gasteiger charge is 2.13. The third-order valence-electron chi connectivity index (χ3n) is 1.16. The summed E-state index contributed by atoms with van der Waals surface area (Å²) in [7, 11) is 0. The van der Waals surface area contributed by atoms with Crippen molar-refractivity contribution >= 4 is 11.6 Å². The average Bonchev–Trinajstić information content (AvgIpc) is 1.68. The van der Waals surface area contributed by atoms with Gasteiger partial charge in [0.05, 0.1) is 0 Å². The summed E-state index contributed by atoms with van der Waals surface area (Å²) >= 11 is 5.63. The molecule has 0 saturated carbocycles. The Morgan fingerprint density at radius 2 is 2.29 bits per heavy atom. The van der Waals surface area contributed by atoms with Gasteiger partial charge in [0, 0.05) is 5.03 Å². The maximum Gasteiger partial charge on any atom is 0.0427 e. The van der Waals surface area contributed by atoms with Crippen molar-refractivity contribution < 1.29 is 0 Å². The van der Waals surface area contributed by atoms with Crippen molar-refractivity contribution in [2.24, 2.45) is 0 Å². The van der Waals surface area contributed by atoms with Gasteiger partial charge in [0.15, 0.2) is 0 Å². The van der Waals surface area contributed by atoms with Gasteiger partial charge in [-0.2, -0.15) is 0 Å². The molecule has 0 heterocycles. The van der Waals surface area contributed by atoms with Crippen molar-refractivity contribution in [1.82, 2.24) is 0 Å². The summed E-state index contributed by atoms with van der Waals surface area (Å²) in [6.45, 7) is 5.73. The molecule has 0 aromatic heterocycles. The molecule has 0 aromatic rings. The minimum Gasteiger partial charge on any atom is -0.0940 e. The molecule has 7 heavy (non-hydrogen) atoms. The second-order valence-corrected chi connectivity index (χ2v) is 2.25. The molecule has 1 aliphatic carbocycles.